The molecule has 1 aliphatic rings. The van der Waals surface area contributed by atoms with Crippen LogP contribution in [0, 0.1) is 12.8 Å². The first-order valence-corrected chi connectivity index (χ1v) is 9.41. The molecule has 0 aromatic carbocycles. The van der Waals surface area contributed by atoms with Crippen molar-refractivity contribution in [2.75, 3.05) is 33.2 Å². The summed E-state index contributed by atoms with van der Waals surface area (Å²) in [6.07, 6.45) is 3.01. The van der Waals surface area contributed by atoms with Crippen LogP contribution in [0.15, 0.2) is 17.1 Å². The van der Waals surface area contributed by atoms with E-state index in [0.717, 1.165) is 57.9 Å². The number of hydrogen-bond acceptors (Lipinski definition) is 4. The lowest BCUT2D eigenvalue weighted by Crippen LogP contribution is -2.42. The smallest absolute Gasteiger partial charge is 0.221 e. The molecular formula is C17H30IN5OS. The van der Waals surface area contributed by atoms with Crippen molar-refractivity contribution in [3.8, 4) is 0 Å². The zero-order valence-electron chi connectivity index (χ0n) is 15.1. The molecule has 1 aliphatic heterocycles. The van der Waals surface area contributed by atoms with E-state index in [9.17, 15) is 4.79 Å². The van der Waals surface area contributed by atoms with Gasteiger partial charge in [-0.15, -0.1) is 35.3 Å². The van der Waals surface area contributed by atoms with E-state index >= 15 is 0 Å². The number of primary amides is 1. The number of halogens is 1. The van der Waals surface area contributed by atoms with E-state index in [1.54, 1.807) is 18.4 Å². The van der Waals surface area contributed by atoms with Crippen molar-refractivity contribution in [3.63, 3.8) is 0 Å². The predicted molar refractivity (Wildman–Crippen MR) is 116 cm³/mol. The second-order valence-electron chi connectivity index (χ2n) is 6.26. The summed E-state index contributed by atoms with van der Waals surface area (Å²) in [5, 5.41) is 6.68. The third-order valence-electron chi connectivity index (χ3n) is 4.30. The van der Waals surface area contributed by atoms with Crippen LogP contribution in [0.1, 0.15) is 29.0 Å². The first kappa shape index (κ1) is 22.2. The second kappa shape index (κ2) is 11.7. The van der Waals surface area contributed by atoms with E-state index in [-0.39, 0.29) is 35.8 Å². The van der Waals surface area contributed by atoms with Gasteiger partial charge in [0, 0.05) is 29.9 Å². The van der Waals surface area contributed by atoms with E-state index in [0.29, 0.717) is 0 Å². The Balaban J connectivity index is 0.00000312. The molecule has 1 amide bonds. The average molecular weight is 479 g/mol. The maximum Gasteiger partial charge on any atom is 0.221 e. The highest BCUT2D eigenvalue weighted by Crippen LogP contribution is 2.16. The normalized spacial score (nSPS) is 18.5. The van der Waals surface area contributed by atoms with Crippen LogP contribution in [0.5, 0.6) is 0 Å². The summed E-state index contributed by atoms with van der Waals surface area (Å²) in [7, 11) is 1.79. The molecule has 0 bridgehead atoms. The molecule has 1 unspecified atom stereocenters. The van der Waals surface area contributed by atoms with Crippen LogP contribution in [-0.2, 0) is 11.3 Å². The number of rotatable bonds is 7. The third-order valence-corrected chi connectivity index (χ3v) is 5.30. The number of carbonyl (C=O) groups is 1. The number of amides is 1. The molecule has 1 fully saturated rings. The Morgan fingerprint density at radius 2 is 2.24 bits per heavy atom. The Morgan fingerprint density at radius 3 is 2.88 bits per heavy atom. The molecule has 4 N–H and O–H groups in total. The van der Waals surface area contributed by atoms with Gasteiger partial charge in [0.15, 0.2) is 5.96 Å². The molecule has 25 heavy (non-hydrogen) atoms. The number of nitrogens with one attached hydrogen (secondary N) is 2. The Hall–Kier alpha value is -0.870. The summed E-state index contributed by atoms with van der Waals surface area (Å²) in [6, 6.07) is 4.28. The van der Waals surface area contributed by atoms with Crippen molar-refractivity contribution in [2.24, 2.45) is 16.6 Å². The highest BCUT2D eigenvalue weighted by molar-refractivity contribution is 14.0. The number of nitrogens with zero attached hydrogens (tertiary/aromatic N) is 2. The number of hydrogen-bond donors (Lipinski definition) is 3. The molecule has 142 valence electrons. The molecule has 1 aromatic heterocycles. The molecule has 0 spiro atoms. The fraction of sp³-hybridized carbons (Fsp3) is 0.647. The van der Waals surface area contributed by atoms with Crippen molar-refractivity contribution in [1.29, 1.82) is 0 Å². The van der Waals surface area contributed by atoms with Gasteiger partial charge in [-0.2, -0.15) is 0 Å². The van der Waals surface area contributed by atoms with Crippen LogP contribution in [0.2, 0.25) is 0 Å². The summed E-state index contributed by atoms with van der Waals surface area (Å²) in [4.78, 5) is 20.5. The average Bonchev–Trinajstić information content (AvgIpc) is 3.00. The van der Waals surface area contributed by atoms with Gasteiger partial charge in [0.1, 0.15) is 0 Å². The zero-order valence-corrected chi connectivity index (χ0v) is 18.2. The monoisotopic (exact) mass is 479 g/mol. The zero-order chi connectivity index (χ0) is 17.4. The number of aliphatic imine (C=N–C) groups is 1. The minimum Gasteiger partial charge on any atom is -0.369 e. The summed E-state index contributed by atoms with van der Waals surface area (Å²) in [6.45, 7) is 6.63. The molecule has 2 heterocycles. The molecule has 1 atom stereocenters. The quantitative estimate of drug-likeness (QED) is 0.242. The van der Waals surface area contributed by atoms with Gasteiger partial charge in [-0.3, -0.25) is 9.79 Å². The molecule has 0 aliphatic carbocycles. The second-order valence-corrected chi connectivity index (χ2v) is 7.63. The Bertz CT molecular complexity index is 563. The highest BCUT2D eigenvalue weighted by Gasteiger charge is 2.23. The van der Waals surface area contributed by atoms with Crippen molar-refractivity contribution < 1.29 is 4.79 Å². The van der Waals surface area contributed by atoms with Crippen molar-refractivity contribution in [2.45, 2.75) is 32.7 Å². The van der Waals surface area contributed by atoms with Gasteiger partial charge in [-0.05, 0) is 51.4 Å². The molecule has 2 rings (SSSR count). The van der Waals surface area contributed by atoms with Crippen LogP contribution in [0.4, 0.5) is 0 Å². The van der Waals surface area contributed by atoms with E-state index < -0.39 is 0 Å². The molecular weight excluding hydrogens is 449 g/mol. The van der Waals surface area contributed by atoms with Gasteiger partial charge in [0.25, 0.3) is 0 Å². The number of aryl methyl sites for hydroxylation is 1. The third kappa shape index (κ3) is 7.91. The van der Waals surface area contributed by atoms with Crippen LogP contribution in [0.3, 0.4) is 0 Å². The molecule has 0 radical (unpaired) electrons. The fourth-order valence-electron chi connectivity index (χ4n) is 2.97. The van der Waals surface area contributed by atoms with E-state index in [4.69, 9.17) is 5.73 Å². The van der Waals surface area contributed by atoms with Crippen LogP contribution < -0.4 is 16.4 Å². The SMILES string of the molecule is CN=C(NCCCN1CCCC(C(N)=O)C1)NCc1ccc(C)s1.I. The van der Waals surface area contributed by atoms with Gasteiger partial charge in [-0.1, -0.05) is 0 Å². The molecule has 8 heteroatoms. The minimum atomic E-state index is -0.161. The largest absolute Gasteiger partial charge is 0.369 e. The van der Waals surface area contributed by atoms with Gasteiger partial charge in [0.2, 0.25) is 5.91 Å². The summed E-state index contributed by atoms with van der Waals surface area (Å²) < 4.78 is 0. The lowest BCUT2D eigenvalue weighted by atomic mass is 9.97. The Labute approximate surface area is 171 Å². The summed E-state index contributed by atoms with van der Waals surface area (Å²) >= 11 is 1.80. The standard InChI is InChI=1S/C17H29N5OS.HI/c1-13-6-7-15(24-13)11-21-17(19-2)20-8-4-10-22-9-3-5-14(12-22)16(18)23;/h6-7,14H,3-5,8-12H2,1-2H3,(H2,18,23)(H2,19,20,21);1H. The van der Waals surface area contributed by atoms with Crippen LogP contribution in [0.25, 0.3) is 0 Å². The van der Waals surface area contributed by atoms with Crippen LogP contribution >= 0.6 is 35.3 Å². The van der Waals surface area contributed by atoms with Crippen molar-refractivity contribution >= 4 is 47.2 Å². The highest BCUT2D eigenvalue weighted by atomic mass is 127. The number of guanidine groups is 1. The Morgan fingerprint density at radius 1 is 1.44 bits per heavy atom. The fourth-order valence-corrected chi connectivity index (χ4v) is 3.80. The summed E-state index contributed by atoms with van der Waals surface area (Å²) in [5.41, 5.74) is 5.42. The van der Waals surface area contributed by atoms with Gasteiger partial charge in [0.05, 0.1) is 12.5 Å². The number of nitrogens with two attached hydrogens (primary N) is 1. The molecule has 1 aromatic rings. The lowest BCUT2D eigenvalue weighted by molar-refractivity contribution is -0.123. The van der Waals surface area contributed by atoms with Gasteiger partial charge >= 0.3 is 0 Å². The number of carbonyl (C=O) groups excluding carboxylic acids is 1. The number of piperidine rings is 1. The minimum absolute atomic E-state index is 0. The molecule has 6 nitrogen and oxygen atoms in total. The number of likely N-dealkylation sites (tertiary alicyclic amines) is 1. The topological polar surface area (TPSA) is 82.8 Å². The molecule has 0 saturated carbocycles. The van der Waals surface area contributed by atoms with Gasteiger partial charge < -0.3 is 21.3 Å². The van der Waals surface area contributed by atoms with E-state index in [1.165, 1.54) is 9.75 Å². The maximum atomic E-state index is 11.3. The van der Waals surface area contributed by atoms with Gasteiger partial charge in [-0.25, -0.2) is 0 Å². The van der Waals surface area contributed by atoms with E-state index in [2.05, 4.69) is 39.6 Å². The Kier molecular flexibility index (Phi) is 10.4. The maximum absolute atomic E-state index is 11.3. The van der Waals surface area contributed by atoms with Crippen molar-refractivity contribution in [1.82, 2.24) is 15.5 Å². The predicted octanol–water partition coefficient (Wildman–Crippen LogP) is 1.93. The molecule has 1 saturated heterocycles. The van der Waals surface area contributed by atoms with Crippen molar-refractivity contribution in [3.05, 3.63) is 21.9 Å². The summed E-state index contributed by atoms with van der Waals surface area (Å²) in [5.74, 6) is 0.691. The first-order chi connectivity index (χ1) is 11.6. The first-order valence-electron chi connectivity index (χ1n) is 8.60. The van der Waals surface area contributed by atoms with E-state index in [1.807, 2.05) is 0 Å². The number of thiophene rings is 1. The lowest BCUT2D eigenvalue weighted by Gasteiger charge is -2.31. The van der Waals surface area contributed by atoms with Crippen LogP contribution in [-0.4, -0.2) is 50.0 Å².